The van der Waals surface area contributed by atoms with Crippen LogP contribution in [0.1, 0.15) is 30.1 Å². The number of benzene rings is 2. The van der Waals surface area contributed by atoms with Gasteiger partial charge in [-0.25, -0.2) is 0 Å². The van der Waals surface area contributed by atoms with Gasteiger partial charge in [0.05, 0.1) is 25.3 Å². The number of hydrogen-bond donors (Lipinski definition) is 0. The summed E-state index contributed by atoms with van der Waals surface area (Å²) in [6.45, 7) is 2.46. The lowest BCUT2D eigenvalue weighted by Gasteiger charge is -2.29. The Morgan fingerprint density at radius 2 is 1.90 bits per heavy atom. The molecule has 3 rings (SSSR count). The Morgan fingerprint density at radius 1 is 1.13 bits per heavy atom. The molecule has 1 amide bonds. The average Bonchev–Trinajstić information content (AvgIpc) is 2.74. The largest absolute Gasteiger partial charge is 0.492 e. The van der Waals surface area contributed by atoms with E-state index in [1.807, 2.05) is 0 Å². The lowest BCUT2D eigenvalue weighted by Crippen LogP contribution is -2.41. The molecule has 0 aliphatic carbocycles. The van der Waals surface area contributed by atoms with Crippen LogP contribution in [0, 0.1) is 0 Å². The second-order valence-corrected chi connectivity index (χ2v) is 6.98. The predicted molar refractivity (Wildman–Crippen MR) is 111 cm³/mol. The topological polar surface area (TPSA) is 82.1 Å². The first-order valence-corrected chi connectivity index (χ1v) is 10.00. The number of ketones is 1. The van der Waals surface area contributed by atoms with Crippen molar-refractivity contribution in [1.29, 1.82) is 0 Å². The van der Waals surface area contributed by atoms with Gasteiger partial charge in [-0.3, -0.25) is 14.4 Å². The molecule has 0 spiro atoms. The molecule has 2 aromatic rings. The number of carbonyl (C=O) groups excluding carboxylic acids is 3. The maximum absolute atomic E-state index is 12.5. The smallest absolute Gasteiger partial charge is 0.306 e. The molecule has 1 aliphatic rings. The summed E-state index contributed by atoms with van der Waals surface area (Å²) in [5, 5.41) is 0.611. The van der Waals surface area contributed by atoms with Gasteiger partial charge in [-0.2, -0.15) is 0 Å². The maximum Gasteiger partial charge on any atom is 0.306 e. The number of esters is 1. The molecule has 0 N–H and O–H groups in total. The number of Topliss-reactive ketones (excluding diaryl/α,β-unsaturated/α-hetero) is 1. The van der Waals surface area contributed by atoms with Crippen molar-refractivity contribution in [3.05, 3.63) is 53.1 Å². The Labute approximate surface area is 179 Å². The number of halogens is 1. The lowest BCUT2D eigenvalue weighted by molar-refractivity contribution is -0.143. The van der Waals surface area contributed by atoms with Crippen molar-refractivity contribution < 1.29 is 28.6 Å². The molecule has 0 radical (unpaired) electrons. The Bertz CT molecular complexity index is 928. The van der Waals surface area contributed by atoms with Crippen molar-refractivity contribution in [1.82, 2.24) is 0 Å². The van der Waals surface area contributed by atoms with E-state index in [4.69, 9.17) is 25.8 Å². The van der Waals surface area contributed by atoms with Crippen molar-refractivity contribution >= 4 is 34.9 Å². The maximum atomic E-state index is 12.5. The second-order valence-electron chi connectivity index (χ2n) is 6.55. The van der Waals surface area contributed by atoms with Crippen molar-refractivity contribution in [2.75, 3.05) is 31.3 Å². The summed E-state index contributed by atoms with van der Waals surface area (Å²) in [4.78, 5) is 37.9. The van der Waals surface area contributed by atoms with Crippen LogP contribution in [0.3, 0.4) is 0 Å². The van der Waals surface area contributed by atoms with E-state index >= 15 is 0 Å². The molecule has 158 valence electrons. The van der Waals surface area contributed by atoms with Gasteiger partial charge in [-0.05, 0) is 49.4 Å². The van der Waals surface area contributed by atoms with E-state index < -0.39 is 5.97 Å². The summed E-state index contributed by atoms with van der Waals surface area (Å²) < 4.78 is 16.0. The lowest BCUT2D eigenvalue weighted by atomic mass is 10.0. The number of nitrogens with zero attached hydrogens (tertiary/aromatic N) is 1. The van der Waals surface area contributed by atoms with Crippen molar-refractivity contribution in [2.45, 2.75) is 19.8 Å². The first kappa shape index (κ1) is 21.6. The summed E-state index contributed by atoms with van der Waals surface area (Å²) in [5.74, 6) is 0.314. The fraction of sp³-hybridized carbons (Fsp3) is 0.318. The van der Waals surface area contributed by atoms with E-state index in [1.54, 1.807) is 49.4 Å². The number of rotatable bonds is 9. The van der Waals surface area contributed by atoms with E-state index in [0.717, 1.165) is 0 Å². The van der Waals surface area contributed by atoms with Crippen LogP contribution < -0.4 is 14.4 Å². The Hall–Kier alpha value is -3.06. The first-order valence-electron chi connectivity index (χ1n) is 9.62. The van der Waals surface area contributed by atoms with Crippen LogP contribution in [-0.4, -0.2) is 44.0 Å². The Balaban J connectivity index is 1.67. The summed E-state index contributed by atoms with van der Waals surface area (Å²) in [7, 11) is 0. The molecule has 8 heteroatoms. The van der Waals surface area contributed by atoms with Gasteiger partial charge in [0.2, 0.25) is 0 Å². The third kappa shape index (κ3) is 5.51. The monoisotopic (exact) mass is 431 g/mol. The highest BCUT2D eigenvalue weighted by molar-refractivity contribution is 6.30. The minimum Gasteiger partial charge on any atom is -0.492 e. The molecule has 7 nitrogen and oxygen atoms in total. The van der Waals surface area contributed by atoms with Crippen LogP contribution in [0.2, 0.25) is 5.02 Å². The van der Waals surface area contributed by atoms with Crippen LogP contribution in [0.5, 0.6) is 11.5 Å². The van der Waals surface area contributed by atoms with Gasteiger partial charge < -0.3 is 19.1 Å². The Morgan fingerprint density at radius 3 is 2.63 bits per heavy atom. The zero-order chi connectivity index (χ0) is 21.5. The molecule has 0 bridgehead atoms. The number of anilines is 1. The quantitative estimate of drug-likeness (QED) is 0.445. The summed E-state index contributed by atoms with van der Waals surface area (Å²) in [6, 6.07) is 11.8. The molecule has 0 saturated heterocycles. The summed E-state index contributed by atoms with van der Waals surface area (Å²) in [5.41, 5.74) is 0.910. The van der Waals surface area contributed by atoms with Gasteiger partial charge in [0.1, 0.15) is 18.1 Å². The van der Waals surface area contributed by atoms with E-state index in [2.05, 4.69) is 0 Å². The average molecular weight is 432 g/mol. The molecular formula is C22H22ClNO6. The van der Waals surface area contributed by atoms with Crippen LogP contribution in [0.4, 0.5) is 5.69 Å². The van der Waals surface area contributed by atoms with Crippen LogP contribution in [-0.2, 0) is 14.3 Å². The van der Waals surface area contributed by atoms with Crippen molar-refractivity contribution in [3.63, 3.8) is 0 Å². The fourth-order valence-electron chi connectivity index (χ4n) is 3.00. The van der Waals surface area contributed by atoms with Crippen LogP contribution in [0.15, 0.2) is 42.5 Å². The first-order chi connectivity index (χ1) is 14.5. The van der Waals surface area contributed by atoms with Gasteiger partial charge in [0.15, 0.2) is 12.4 Å². The minimum atomic E-state index is -0.414. The van der Waals surface area contributed by atoms with E-state index in [-0.39, 0.29) is 50.9 Å². The molecule has 0 saturated carbocycles. The highest BCUT2D eigenvalue weighted by atomic mass is 35.5. The molecule has 1 aliphatic heterocycles. The van der Waals surface area contributed by atoms with Crippen LogP contribution in [0.25, 0.3) is 0 Å². The molecule has 0 aromatic heterocycles. The normalized spacial score (nSPS) is 12.7. The number of carbonyl (C=O) groups is 3. The third-order valence-corrected chi connectivity index (χ3v) is 4.73. The summed E-state index contributed by atoms with van der Waals surface area (Å²) >= 11 is 5.86. The number of amides is 1. The van der Waals surface area contributed by atoms with E-state index in [9.17, 15) is 14.4 Å². The molecule has 30 heavy (non-hydrogen) atoms. The molecule has 0 fully saturated rings. The molecule has 0 unspecified atom stereocenters. The molecule has 1 heterocycles. The van der Waals surface area contributed by atoms with Gasteiger partial charge >= 0.3 is 5.97 Å². The standard InChI is InChI=1S/C22H22ClNO6/c1-2-28-22(27)10-8-19(25)15-3-9-20-18(13-15)24(21(26)14-30-20)11-12-29-17-6-4-16(23)5-7-17/h3-7,9,13H,2,8,10-12,14H2,1H3. The van der Waals surface area contributed by atoms with E-state index in [0.29, 0.717) is 27.8 Å². The molecular weight excluding hydrogens is 410 g/mol. The number of fused-ring (bicyclic) bond motifs is 1. The summed E-state index contributed by atoms with van der Waals surface area (Å²) in [6.07, 6.45) is 0.0456. The van der Waals surface area contributed by atoms with Gasteiger partial charge in [0, 0.05) is 17.0 Å². The van der Waals surface area contributed by atoms with Crippen molar-refractivity contribution in [3.8, 4) is 11.5 Å². The second kappa shape index (κ2) is 10.1. The SMILES string of the molecule is CCOC(=O)CCC(=O)c1ccc2c(c1)N(CCOc1ccc(Cl)cc1)C(=O)CO2. The molecule has 0 atom stereocenters. The zero-order valence-corrected chi connectivity index (χ0v) is 17.3. The van der Waals surface area contributed by atoms with Crippen LogP contribution >= 0.6 is 11.6 Å². The van der Waals surface area contributed by atoms with Crippen molar-refractivity contribution in [2.24, 2.45) is 0 Å². The molecule has 2 aromatic carbocycles. The minimum absolute atomic E-state index is 0.0117. The fourth-order valence-corrected chi connectivity index (χ4v) is 3.13. The van der Waals surface area contributed by atoms with Gasteiger partial charge in [0.25, 0.3) is 5.91 Å². The number of hydrogen-bond acceptors (Lipinski definition) is 6. The highest BCUT2D eigenvalue weighted by Crippen LogP contribution is 2.33. The van der Waals surface area contributed by atoms with Gasteiger partial charge in [-0.15, -0.1) is 0 Å². The highest BCUT2D eigenvalue weighted by Gasteiger charge is 2.26. The third-order valence-electron chi connectivity index (χ3n) is 4.48. The Kier molecular flexibility index (Phi) is 7.30. The number of ether oxygens (including phenoxy) is 3. The predicted octanol–water partition coefficient (Wildman–Crippen LogP) is 3.67. The van der Waals surface area contributed by atoms with Gasteiger partial charge in [-0.1, -0.05) is 11.6 Å². The van der Waals surface area contributed by atoms with E-state index in [1.165, 1.54) is 4.90 Å². The zero-order valence-electron chi connectivity index (χ0n) is 16.6.